The molecular weight excluding hydrogens is 511 g/mol. The van der Waals surface area contributed by atoms with Gasteiger partial charge in [-0.25, -0.2) is 0 Å². The molecular formula is C22H35IN4O2S. The van der Waals surface area contributed by atoms with Crippen molar-refractivity contribution in [2.75, 3.05) is 37.7 Å². The first-order valence-electron chi connectivity index (χ1n) is 10.8. The van der Waals surface area contributed by atoms with Gasteiger partial charge in [-0.15, -0.1) is 24.0 Å². The van der Waals surface area contributed by atoms with Gasteiger partial charge in [-0.3, -0.25) is 9.79 Å². The van der Waals surface area contributed by atoms with E-state index in [9.17, 15) is 9.90 Å². The van der Waals surface area contributed by atoms with Crippen molar-refractivity contribution in [3.05, 3.63) is 29.8 Å². The summed E-state index contributed by atoms with van der Waals surface area (Å²) < 4.78 is 0. The second-order valence-corrected chi connectivity index (χ2v) is 9.04. The number of phenols is 1. The van der Waals surface area contributed by atoms with Crippen LogP contribution >= 0.6 is 35.7 Å². The Balaban J connectivity index is 0.00000320. The predicted molar refractivity (Wildman–Crippen MR) is 136 cm³/mol. The molecule has 0 aromatic heterocycles. The molecule has 1 heterocycles. The van der Waals surface area contributed by atoms with Crippen molar-refractivity contribution in [3.8, 4) is 5.75 Å². The fourth-order valence-electron chi connectivity index (χ4n) is 4.05. The van der Waals surface area contributed by atoms with Crippen molar-refractivity contribution < 1.29 is 9.90 Å². The Hall–Kier alpha value is -1.16. The van der Waals surface area contributed by atoms with Crippen LogP contribution in [0.15, 0.2) is 29.3 Å². The Kier molecular flexibility index (Phi) is 11.1. The Bertz CT molecular complexity index is 689. The SMILES string of the molecule is CCNC(=NCCc1cccc(O)c1)NC1CCC(C(=O)N2CCSCC2)CC1.I. The average Bonchev–Trinajstić information content (AvgIpc) is 2.75. The van der Waals surface area contributed by atoms with Crippen molar-refractivity contribution >= 4 is 47.6 Å². The summed E-state index contributed by atoms with van der Waals surface area (Å²) in [6.07, 6.45) is 4.73. The van der Waals surface area contributed by atoms with Gasteiger partial charge >= 0.3 is 0 Å². The Morgan fingerprint density at radius 2 is 1.97 bits per heavy atom. The molecule has 168 valence electrons. The number of phenolic OH excluding ortho intramolecular Hbond substituents is 1. The molecule has 0 unspecified atom stereocenters. The van der Waals surface area contributed by atoms with E-state index in [1.54, 1.807) is 12.1 Å². The number of rotatable bonds is 6. The van der Waals surface area contributed by atoms with Gasteiger partial charge in [0.2, 0.25) is 5.91 Å². The van der Waals surface area contributed by atoms with E-state index in [1.807, 2.05) is 23.9 Å². The lowest BCUT2D eigenvalue weighted by Gasteiger charge is -2.34. The zero-order valence-corrected chi connectivity index (χ0v) is 21.0. The number of benzene rings is 1. The van der Waals surface area contributed by atoms with E-state index in [1.165, 1.54) is 0 Å². The highest BCUT2D eigenvalue weighted by Crippen LogP contribution is 2.27. The number of nitrogens with zero attached hydrogens (tertiary/aromatic N) is 2. The summed E-state index contributed by atoms with van der Waals surface area (Å²) >= 11 is 1.94. The predicted octanol–water partition coefficient (Wildman–Crippen LogP) is 3.24. The Morgan fingerprint density at radius 3 is 2.63 bits per heavy atom. The maximum absolute atomic E-state index is 12.7. The number of hydrogen-bond donors (Lipinski definition) is 3. The van der Waals surface area contributed by atoms with Gasteiger partial charge in [-0.1, -0.05) is 12.1 Å². The largest absolute Gasteiger partial charge is 0.508 e. The molecule has 0 atom stereocenters. The van der Waals surface area contributed by atoms with Crippen LogP contribution in [0.4, 0.5) is 0 Å². The molecule has 1 aliphatic carbocycles. The lowest BCUT2D eigenvalue weighted by atomic mass is 9.85. The summed E-state index contributed by atoms with van der Waals surface area (Å²) in [7, 11) is 0. The number of halogens is 1. The van der Waals surface area contributed by atoms with Gasteiger partial charge < -0.3 is 20.6 Å². The number of carbonyl (C=O) groups is 1. The number of aromatic hydroxyl groups is 1. The molecule has 2 aliphatic rings. The molecule has 1 saturated heterocycles. The van der Waals surface area contributed by atoms with Crippen molar-refractivity contribution in [3.63, 3.8) is 0 Å². The molecule has 3 N–H and O–H groups in total. The van der Waals surface area contributed by atoms with E-state index in [-0.39, 0.29) is 29.9 Å². The number of hydrogen-bond acceptors (Lipinski definition) is 4. The molecule has 1 aliphatic heterocycles. The van der Waals surface area contributed by atoms with E-state index in [0.717, 1.165) is 74.8 Å². The highest BCUT2D eigenvalue weighted by Gasteiger charge is 2.30. The van der Waals surface area contributed by atoms with Crippen LogP contribution in [0, 0.1) is 5.92 Å². The van der Waals surface area contributed by atoms with E-state index in [4.69, 9.17) is 4.99 Å². The molecule has 0 radical (unpaired) electrons. The van der Waals surface area contributed by atoms with Gasteiger partial charge in [0, 0.05) is 49.6 Å². The maximum atomic E-state index is 12.7. The molecule has 1 aromatic rings. The quantitative estimate of drug-likeness (QED) is 0.290. The molecule has 6 nitrogen and oxygen atoms in total. The minimum Gasteiger partial charge on any atom is -0.508 e. The lowest BCUT2D eigenvalue weighted by molar-refractivity contribution is -0.136. The minimum absolute atomic E-state index is 0. The number of guanidine groups is 1. The Morgan fingerprint density at radius 1 is 1.23 bits per heavy atom. The fourth-order valence-corrected chi connectivity index (χ4v) is 4.95. The maximum Gasteiger partial charge on any atom is 0.225 e. The van der Waals surface area contributed by atoms with Crippen LogP contribution in [-0.4, -0.2) is 65.6 Å². The summed E-state index contributed by atoms with van der Waals surface area (Å²) in [5, 5.41) is 16.5. The van der Waals surface area contributed by atoms with Crippen LogP contribution in [0.25, 0.3) is 0 Å². The molecule has 30 heavy (non-hydrogen) atoms. The summed E-state index contributed by atoms with van der Waals surface area (Å²) in [6.45, 7) is 5.38. The Labute approximate surface area is 201 Å². The van der Waals surface area contributed by atoms with Crippen LogP contribution in [0.2, 0.25) is 0 Å². The molecule has 0 spiro atoms. The number of carbonyl (C=O) groups excluding carboxylic acids is 1. The van der Waals surface area contributed by atoms with E-state index in [2.05, 4.69) is 22.5 Å². The van der Waals surface area contributed by atoms with Gasteiger partial charge in [0.25, 0.3) is 0 Å². The topological polar surface area (TPSA) is 77.0 Å². The van der Waals surface area contributed by atoms with Crippen LogP contribution < -0.4 is 10.6 Å². The third-order valence-corrected chi connectivity index (χ3v) is 6.61. The van der Waals surface area contributed by atoms with Gasteiger partial charge in [0.15, 0.2) is 5.96 Å². The van der Waals surface area contributed by atoms with Crippen molar-refractivity contribution in [1.29, 1.82) is 0 Å². The first-order valence-corrected chi connectivity index (χ1v) is 12.0. The number of amides is 1. The lowest BCUT2D eigenvalue weighted by Crippen LogP contribution is -2.47. The van der Waals surface area contributed by atoms with Gasteiger partial charge in [0.05, 0.1) is 0 Å². The number of aliphatic imine (C=N–C) groups is 1. The summed E-state index contributed by atoms with van der Waals surface area (Å²) in [5.74, 6) is 3.86. The van der Waals surface area contributed by atoms with Gasteiger partial charge in [-0.2, -0.15) is 11.8 Å². The van der Waals surface area contributed by atoms with Crippen LogP contribution in [0.3, 0.4) is 0 Å². The zero-order chi connectivity index (χ0) is 20.5. The van der Waals surface area contributed by atoms with E-state index >= 15 is 0 Å². The molecule has 1 aromatic carbocycles. The number of nitrogens with one attached hydrogen (secondary N) is 2. The smallest absolute Gasteiger partial charge is 0.225 e. The summed E-state index contributed by atoms with van der Waals surface area (Å²) in [6, 6.07) is 7.71. The van der Waals surface area contributed by atoms with Crippen LogP contribution in [0.1, 0.15) is 38.2 Å². The third kappa shape index (κ3) is 7.83. The molecule has 0 bridgehead atoms. The first-order chi connectivity index (χ1) is 14.2. The molecule has 2 fully saturated rings. The van der Waals surface area contributed by atoms with Gasteiger partial charge in [0.1, 0.15) is 5.75 Å². The molecule has 1 saturated carbocycles. The second-order valence-electron chi connectivity index (χ2n) is 7.81. The highest BCUT2D eigenvalue weighted by molar-refractivity contribution is 14.0. The molecule has 8 heteroatoms. The highest BCUT2D eigenvalue weighted by atomic mass is 127. The summed E-state index contributed by atoms with van der Waals surface area (Å²) in [5.41, 5.74) is 1.08. The normalized spacial score (nSPS) is 22.2. The third-order valence-electron chi connectivity index (χ3n) is 5.67. The van der Waals surface area contributed by atoms with E-state index in [0.29, 0.717) is 24.2 Å². The minimum atomic E-state index is 0. The van der Waals surface area contributed by atoms with Crippen LogP contribution in [0.5, 0.6) is 5.75 Å². The standard InChI is InChI=1S/C22H34N4O2S.HI/c1-2-23-22(24-11-10-17-4-3-5-20(27)16-17)25-19-8-6-18(7-9-19)21(28)26-12-14-29-15-13-26;/h3-5,16,18-19,27H,2,6-15H2,1H3,(H2,23,24,25);1H. The van der Waals surface area contributed by atoms with Crippen molar-refractivity contribution in [2.45, 2.75) is 45.1 Å². The monoisotopic (exact) mass is 546 g/mol. The van der Waals surface area contributed by atoms with Gasteiger partial charge in [-0.05, 0) is 56.7 Å². The average molecular weight is 547 g/mol. The van der Waals surface area contributed by atoms with E-state index < -0.39 is 0 Å². The first kappa shape index (κ1) is 25.1. The summed E-state index contributed by atoms with van der Waals surface area (Å²) in [4.78, 5) is 19.5. The molecule has 1 amide bonds. The van der Waals surface area contributed by atoms with Crippen LogP contribution in [-0.2, 0) is 11.2 Å². The second kappa shape index (κ2) is 13.3. The van der Waals surface area contributed by atoms with Crippen molar-refractivity contribution in [1.82, 2.24) is 15.5 Å². The molecule has 3 rings (SSSR count). The zero-order valence-electron chi connectivity index (χ0n) is 17.8. The fraction of sp³-hybridized carbons (Fsp3) is 0.636. The number of thioether (sulfide) groups is 1. The van der Waals surface area contributed by atoms with Crippen molar-refractivity contribution in [2.24, 2.45) is 10.9 Å².